The van der Waals surface area contributed by atoms with Crippen molar-refractivity contribution in [3.8, 4) is 0 Å². The van der Waals surface area contributed by atoms with E-state index < -0.39 is 45.4 Å². The summed E-state index contributed by atoms with van der Waals surface area (Å²) < 4.78 is 53.2. The Morgan fingerprint density at radius 3 is 2.10 bits per heavy atom. The largest absolute Gasteiger partial charge is 0.598 e. The predicted molar refractivity (Wildman–Crippen MR) is 71.0 cm³/mol. The van der Waals surface area contributed by atoms with Crippen LogP contribution in [0.1, 0.15) is 40.0 Å². The van der Waals surface area contributed by atoms with Crippen molar-refractivity contribution in [2.24, 2.45) is 5.41 Å². The molecule has 1 amide bonds. The zero-order valence-electron chi connectivity index (χ0n) is 12.0. The predicted octanol–water partition coefficient (Wildman–Crippen LogP) is 2.16. The summed E-state index contributed by atoms with van der Waals surface area (Å²) in [6, 6.07) is -1.87. The SMILES string of the molecule is CC(C)(C)[S+]([O-])NC(C(F)(F)F)C12CC(NC(=O)O)(C1)C2. The molecule has 3 aliphatic carbocycles. The molecular formula is C12H19F3N2O3S. The normalized spacial score (nSPS) is 34.4. The van der Waals surface area contributed by atoms with Crippen molar-refractivity contribution in [1.29, 1.82) is 0 Å². The van der Waals surface area contributed by atoms with Gasteiger partial charge in [-0.3, -0.25) is 0 Å². The molecule has 0 heterocycles. The number of carboxylic acid groups (broad SMARTS) is 1. The second-order valence-corrected chi connectivity index (χ2v) is 9.07. The quantitative estimate of drug-likeness (QED) is 0.691. The molecule has 21 heavy (non-hydrogen) atoms. The third kappa shape index (κ3) is 2.95. The maximum Gasteiger partial charge on any atom is 0.408 e. The maximum atomic E-state index is 13.3. The zero-order chi connectivity index (χ0) is 16.3. The molecule has 0 aromatic carbocycles. The molecule has 2 unspecified atom stereocenters. The maximum absolute atomic E-state index is 13.3. The lowest BCUT2D eigenvalue weighted by Gasteiger charge is -2.72. The van der Waals surface area contributed by atoms with Gasteiger partial charge in [-0.25, -0.2) is 4.79 Å². The Labute approximate surface area is 124 Å². The monoisotopic (exact) mass is 328 g/mol. The van der Waals surface area contributed by atoms with Gasteiger partial charge in [0, 0.05) is 22.3 Å². The van der Waals surface area contributed by atoms with Gasteiger partial charge >= 0.3 is 12.3 Å². The Morgan fingerprint density at radius 1 is 1.29 bits per heavy atom. The first-order chi connectivity index (χ1) is 9.30. The molecule has 0 saturated heterocycles. The highest BCUT2D eigenvalue weighted by atomic mass is 32.2. The van der Waals surface area contributed by atoms with Crippen LogP contribution >= 0.6 is 0 Å². The summed E-state index contributed by atoms with van der Waals surface area (Å²) in [5, 5.41) is 11.0. The smallest absolute Gasteiger partial charge is 0.408 e. The molecule has 3 fully saturated rings. The van der Waals surface area contributed by atoms with Crippen molar-refractivity contribution in [2.75, 3.05) is 0 Å². The van der Waals surface area contributed by atoms with E-state index in [1.54, 1.807) is 20.8 Å². The highest BCUT2D eigenvalue weighted by Gasteiger charge is 2.76. The van der Waals surface area contributed by atoms with Crippen molar-refractivity contribution in [3.63, 3.8) is 0 Å². The summed E-state index contributed by atoms with van der Waals surface area (Å²) in [6.07, 6.45) is -5.35. The van der Waals surface area contributed by atoms with Gasteiger partial charge in [-0.15, -0.1) is 4.72 Å². The van der Waals surface area contributed by atoms with Crippen LogP contribution in [0, 0.1) is 5.41 Å². The highest BCUT2D eigenvalue weighted by molar-refractivity contribution is 7.90. The van der Waals surface area contributed by atoms with Crippen molar-refractivity contribution in [1.82, 2.24) is 10.0 Å². The third-order valence-corrected chi connectivity index (χ3v) is 5.73. The molecule has 122 valence electrons. The number of nitrogens with one attached hydrogen (secondary N) is 2. The molecule has 0 aromatic rings. The lowest BCUT2D eigenvalue weighted by atomic mass is 9.37. The van der Waals surface area contributed by atoms with Crippen molar-refractivity contribution < 1.29 is 27.6 Å². The fourth-order valence-corrected chi connectivity index (χ4v) is 4.31. The zero-order valence-corrected chi connectivity index (χ0v) is 12.8. The summed E-state index contributed by atoms with van der Waals surface area (Å²) in [6.45, 7) is 4.79. The van der Waals surface area contributed by atoms with Gasteiger partial charge < -0.3 is 15.0 Å². The molecule has 3 aliphatic rings. The van der Waals surface area contributed by atoms with E-state index in [0.717, 1.165) is 0 Å². The first-order valence-electron chi connectivity index (χ1n) is 6.56. The second-order valence-electron chi connectivity index (χ2n) is 7.08. The van der Waals surface area contributed by atoms with Crippen LogP contribution in [0.5, 0.6) is 0 Å². The molecule has 2 atom stereocenters. The van der Waals surface area contributed by atoms with E-state index in [1.807, 2.05) is 0 Å². The number of hydrogen-bond acceptors (Lipinski definition) is 3. The van der Waals surface area contributed by atoms with Crippen molar-refractivity contribution >= 4 is 17.5 Å². The van der Waals surface area contributed by atoms with E-state index >= 15 is 0 Å². The summed E-state index contributed by atoms with van der Waals surface area (Å²) in [5.74, 6) is 0. The number of amides is 1. The lowest BCUT2D eigenvalue weighted by Crippen LogP contribution is -2.81. The van der Waals surface area contributed by atoms with E-state index in [2.05, 4.69) is 10.0 Å². The van der Waals surface area contributed by atoms with E-state index in [9.17, 15) is 22.5 Å². The fraction of sp³-hybridized carbons (Fsp3) is 0.917. The number of carbonyl (C=O) groups is 1. The Balaban J connectivity index is 2.06. The van der Waals surface area contributed by atoms with Crippen LogP contribution < -0.4 is 10.0 Å². The molecule has 0 aliphatic heterocycles. The van der Waals surface area contributed by atoms with Crippen LogP contribution in [0.25, 0.3) is 0 Å². The lowest BCUT2D eigenvalue weighted by molar-refractivity contribution is -0.255. The van der Waals surface area contributed by atoms with E-state index in [0.29, 0.717) is 0 Å². The van der Waals surface area contributed by atoms with Gasteiger partial charge in [0.1, 0.15) is 4.75 Å². The molecule has 3 N–H and O–H groups in total. The number of rotatable bonds is 4. The first-order valence-corrected chi connectivity index (χ1v) is 7.71. The van der Waals surface area contributed by atoms with E-state index in [1.165, 1.54) is 0 Å². The molecule has 0 aromatic heterocycles. The Kier molecular flexibility index (Phi) is 3.71. The first kappa shape index (κ1) is 16.7. The Bertz CT molecular complexity index is 430. The third-order valence-electron chi connectivity index (χ3n) is 4.16. The van der Waals surface area contributed by atoms with E-state index in [-0.39, 0.29) is 19.3 Å². The van der Waals surface area contributed by atoms with Crippen LogP contribution in [-0.4, -0.2) is 38.3 Å². The van der Waals surface area contributed by atoms with Gasteiger partial charge in [0.15, 0.2) is 6.04 Å². The minimum Gasteiger partial charge on any atom is -0.598 e. The van der Waals surface area contributed by atoms with Crippen LogP contribution in [0.3, 0.4) is 0 Å². The molecule has 0 spiro atoms. The van der Waals surface area contributed by atoms with Crippen LogP contribution in [0.4, 0.5) is 18.0 Å². The standard InChI is InChI=1S/C12H19F3N2O3S/c1-9(2,3)21(20)17-7(12(13,14)15)10-4-11(5-10,6-10)16-8(18)19/h7,16-17H,4-6H2,1-3H3,(H,18,19). The van der Waals surface area contributed by atoms with Gasteiger partial charge in [-0.05, 0) is 40.0 Å². The molecule has 2 bridgehead atoms. The molecule has 0 radical (unpaired) electrons. The minimum absolute atomic E-state index is 0.130. The van der Waals surface area contributed by atoms with Gasteiger partial charge in [0.2, 0.25) is 0 Å². The van der Waals surface area contributed by atoms with Crippen LogP contribution in [0.2, 0.25) is 0 Å². The summed E-state index contributed by atoms with van der Waals surface area (Å²) in [4.78, 5) is 10.6. The molecular weight excluding hydrogens is 309 g/mol. The summed E-state index contributed by atoms with van der Waals surface area (Å²) >= 11 is -1.83. The fourth-order valence-electron chi connectivity index (χ4n) is 3.35. The number of halogens is 3. The van der Waals surface area contributed by atoms with Gasteiger partial charge in [-0.1, -0.05) is 0 Å². The van der Waals surface area contributed by atoms with E-state index in [4.69, 9.17) is 5.11 Å². The average molecular weight is 328 g/mol. The number of alkyl halides is 3. The van der Waals surface area contributed by atoms with Gasteiger partial charge in [-0.2, -0.15) is 13.2 Å². The van der Waals surface area contributed by atoms with Crippen LogP contribution in [0.15, 0.2) is 0 Å². The molecule has 9 heteroatoms. The van der Waals surface area contributed by atoms with Crippen LogP contribution in [-0.2, 0) is 11.4 Å². The highest BCUT2D eigenvalue weighted by Crippen LogP contribution is 2.70. The van der Waals surface area contributed by atoms with Gasteiger partial charge in [0.25, 0.3) is 0 Å². The number of hydrogen-bond donors (Lipinski definition) is 3. The molecule has 3 saturated carbocycles. The average Bonchev–Trinajstić information content (AvgIpc) is 2.14. The summed E-state index contributed by atoms with van der Waals surface area (Å²) in [7, 11) is 0. The summed E-state index contributed by atoms with van der Waals surface area (Å²) in [5.41, 5.74) is -1.76. The minimum atomic E-state index is -4.52. The Hall–Kier alpha value is -0.670. The van der Waals surface area contributed by atoms with Crippen molar-refractivity contribution in [2.45, 2.75) is 62.5 Å². The van der Waals surface area contributed by atoms with Gasteiger partial charge in [0.05, 0.1) is 0 Å². The second kappa shape index (κ2) is 4.66. The topological polar surface area (TPSA) is 84.4 Å². The Morgan fingerprint density at radius 2 is 1.76 bits per heavy atom. The molecule has 3 rings (SSSR count). The van der Waals surface area contributed by atoms with Crippen molar-refractivity contribution in [3.05, 3.63) is 0 Å². The molecule has 5 nitrogen and oxygen atoms in total.